The van der Waals surface area contributed by atoms with E-state index in [-0.39, 0.29) is 6.17 Å². The number of amidine groups is 2. The lowest BCUT2D eigenvalue weighted by Gasteiger charge is -2.24. The van der Waals surface area contributed by atoms with Gasteiger partial charge in [-0.25, -0.2) is 9.98 Å². The van der Waals surface area contributed by atoms with Gasteiger partial charge in [0.05, 0.1) is 0 Å². The monoisotopic (exact) mass is 511 g/mol. The number of rotatable bonds is 4. The first-order valence-electron chi connectivity index (χ1n) is 12.5. The molecule has 2 heterocycles. The van der Waals surface area contributed by atoms with Crippen molar-refractivity contribution in [1.29, 1.82) is 0 Å². The minimum Gasteiger partial charge on any atom is -0.456 e. The largest absolute Gasteiger partial charge is 0.456 e. The number of halogens is 1. The van der Waals surface area contributed by atoms with E-state index >= 15 is 0 Å². The number of hydrogen-bond acceptors (Lipinski definition) is 4. The predicted octanol–water partition coefficient (Wildman–Crippen LogP) is 8.40. The SMILES string of the molecule is Clc1ccc(C2=NC(c3cccc4oc5ccccc5c34)=NC(c3ccc(-c4ccccc4)cc3)N2)cc1. The molecule has 1 aliphatic rings. The summed E-state index contributed by atoms with van der Waals surface area (Å²) in [5, 5.41) is 6.28. The third-order valence-corrected chi connectivity index (χ3v) is 7.09. The van der Waals surface area contributed by atoms with E-state index < -0.39 is 0 Å². The maximum absolute atomic E-state index is 6.18. The van der Waals surface area contributed by atoms with Gasteiger partial charge in [0.15, 0.2) is 5.84 Å². The Kier molecular flexibility index (Phi) is 5.53. The molecule has 0 fully saturated rings. The second kappa shape index (κ2) is 9.33. The van der Waals surface area contributed by atoms with Gasteiger partial charge in [-0.05, 0) is 53.1 Å². The van der Waals surface area contributed by atoms with Gasteiger partial charge in [0, 0.05) is 26.9 Å². The van der Waals surface area contributed by atoms with Gasteiger partial charge in [0.25, 0.3) is 0 Å². The molecule has 38 heavy (non-hydrogen) atoms. The lowest BCUT2D eigenvalue weighted by molar-refractivity contribution is 0.668. The molecule has 0 aliphatic carbocycles. The van der Waals surface area contributed by atoms with Crippen molar-refractivity contribution in [2.24, 2.45) is 9.98 Å². The van der Waals surface area contributed by atoms with Gasteiger partial charge in [-0.15, -0.1) is 0 Å². The van der Waals surface area contributed by atoms with E-state index in [2.05, 4.69) is 66.0 Å². The van der Waals surface area contributed by atoms with Crippen molar-refractivity contribution in [3.63, 3.8) is 0 Å². The van der Waals surface area contributed by atoms with E-state index in [1.807, 2.05) is 60.7 Å². The van der Waals surface area contributed by atoms with Gasteiger partial charge in [0.1, 0.15) is 23.2 Å². The van der Waals surface area contributed by atoms with Crippen LogP contribution in [0.3, 0.4) is 0 Å². The van der Waals surface area contributed by atoms with Crippen LogP contribution in [0.15, 0.2) is 136 Å². The lowest BCUT2D eigenvalue weighted by Crippen LogP contribution is -2.33. The fourth-order valence-corrected chi connectivity index (χ4v) is 5.07. The molecule has 0 bridgehead atoms. The minimum absolute atomic E-state index is 0.313. The summed E-state index contributed by atoms with van der Waals surface area (Å²) in [6, 6.07) is 40.7. The van der Waals surface area contributed by atoms with Gasteiger partial charge in [-0.1, -0.05) is 96.5 Å². The molecule has 0 spiro atoms. The maximum Gasteiger partial charge on any atom is 0.160 e. The summed E-state index contributed by atoms with van der Waals surface area (Å²) in [6.07, 6.45) is -0.313. The van der Waals surface area contributed by atoms with E-state index in [1.165, 1.54) is 5.56 Å². The first-order chi connectivity index (χ1) is 18.7. The normalized spacial score (nSPS) is 15.2. The maximum atomic E-state index is 6.18. The van der Waals surface area contributed by atoms with Crippen molar-refractivity contribution in [1.82, 2.24) is 5.32 Å². The molecule has 6 aromatic rings. The summed E-state index contributed by atoms with van der Waals surface area (Å²) in [5.74, 6) is 1.40. The minimum atomic E-state index is -0.313. The molecular formula is C33H22ClN3O. The standard InChI is InChI=1S/C33H22ClN3O/c34-25-19-17-24(18-20-25)32-35-31(23-15-13-22(14-16-23)21-7-2-1-3-8-21)36-33(37-32)27-10-6-12-29-30(27)26-9-4-5-11-28(26)38-29/h1-20,31H,(H,35,36,37). The van der Waals surface area contributed by atoms with Crippen molar-refractivity contribution >= 4 is 45.2 Å². The van der Waals surface area contributed by atoms with Crippen LogP contribution in [0, 0.1) is 0 Å². The molecule has 4 nitrogen and oxygen atoms in total. The Morgan fingerprint density at radius 3 is 2.13 bits per heavy atom. The molecule has 1 N–H and O–H groups in total. The highest BCUT2D eigenvalue weighted by Crippen LogP contribution is 2.33. The Morgan fingerprint density at radius 2 is 1.32 bits per heavy atom. The quantitative estimate of drug-likeness (QED) is 0.258. The number of benzene rings is 5. The fourth-order valence-electron chi connectivity index (χ4n) is 4.94. The molecule has 1 unspecified atom stereocenters. The highest BCUT2D eigenvalue weighted by molar-refractivity contribution is 6.30. The van der Waals surface area contributed by atoms with Crippen molar-refractivity contribution in [3.8, 4) is 11.1 Å². The van der Waals surface area contributed by atoms with Crippen molar-refractivity contribution < 1.29 is 4.42 Å². The Hall–Kier alpha value is -4.67. The topological polar surface area (TPSA) is 49.9 Å². The summed E-state index contributed by atoms with van der Waals surface area (Å²) in [5.41, 5.74) is 6.93. The zero-order valence-electron chi connectivity index (χ0n) is 20.3. The molecule has 1 aliphatic heterocycles. The first-order valence-corrected chi connectivity index (χ1v) is 12.9. The van der Waals surface area contributed by atoms with Crippen LogP contribution >= 0.6 is 11.6 Å². The molecule has 0 radical (unpaired) electrons. The second-order valence-corrected chi connectivity index (χ2v) is 9.67. The van der Waals surface area contributed by atoms with Crippen LogP contribution in [-0.2, 0) is 0 Å². The zero-order chi connectivity index (χ0) is 25.5. The molecule has 0 amide bonds. The van der Waals surface area contributed by atoms with Gasteiger partial charge in [0.2, 0.25) is 0 Å². The number of aliphatic imine (C=N–C) groups is 2. The van der Waals surface area contributed by atoms with Crippen LogP contribution in [0.4, 0.5) is 0 Å². The highest BCUT2D eigenvalue weighted by atomic mass is 35.5. The summed E-state index contributed by atoms with van der Waals surface area (Å²) in [7, 11) is 0. The molecule has 1 aromatic heterocycles. The molecule has 5 heteroatoms. The Balaban J connectivity index is 1.36. The van der Waals surface area contributed by atoms with Crippen LogP contribution in [-0.4, -0.2) is 11.7 Å². The number of nitrogens with one attached hydrogen (secondary N) is 1. The summed E-state index contributed by atoms with van der Waals surface area (Å²) < 4.78 is 6.14. The van der Waals surface area contributed by atoms with E-state index in [0.29, 0.717) is 10.9 Å². The lowest BCUT2D eigenvalue weighted by atomic mass is 10.0. The Morgan fingerprint density at radius 1 is 0.632 bits per heavy atom. The highest BCUT2D eigenvalue weighted by Gasteiger charge is 2.23. The Labute approximate surface area is 224 Å². The second-order valence-electron chi connectivity index (χ2n) is 9.23. The molecule has 5 aromatic carbocycles. The smallest absolute Gasteiger partial charge is 0.160 e. The molecule has 182 valence electrons. The van der Waals surface area contributed by atoms with E-state index in [0.717, 1.165) is 50.0 Å². The number of nitrogens with zero attached hydrogens (tertiary/aromatic N) is 2. The van der Waals surface area contributed by atoms with Crippen molar-refractivity contribution in [2.75, 3.05) is 0 Å². The fraction of sp³-hybridized carbons (Fsp3) is 0.0303. The van der Waals surface area contributed by atoms with Gasteiger partial charge < -0.3 is 9.73 Å². The summed E-state index contributed by atoms with van der Waals surface area (Å²) >= 11 is 6.18. The van der Waals surface area contributed by atoms with Gasteiger partial charge in [-0.3, -0.25) is 0 Å². The predicted molar refractivity (Wildman–Crippen MR) is 156 cm³/mol. The van der Waals surface area contributed by atoms with Crippen LogP contribution in [0.25, 0.3) is 33.1 Å². The molecule has 1 atom stereocenters. The van der Waals surface area contributed by atoms with Crippen LogP contribution in [0.2, 0.25) is 5.02 Å². The molecule has 0 saturated carbocycles. The van der Waals surface area contributed by atoms with Crippen LogP contribution < -0.4 is 5.32 Å². The summed E-state index contributed by atoms with van der Waals surface area (Å²) in [4.78, 5) is 10.1. The van der Waals surface area contributed by atoms with Crippen molar-refractivity contribution in [2.45, 2.75) is 6.17 Å². The number of furan rings is 1. The Bertz CT molecular complexity index is 1840. The molecule has 0 saturated heterocycles. The third-order valence-electron chi connectivity index (χ3n) is 6.84. The van der Waals surface area contributed by atoms with Gasteiger partial charge >= 0.3 is 0 Å². The third kappa shape index (κ3) is 4.05. The zero-order valence-corrected chi connectivity index (χ0v) is 21.1. The van der Waals surface area contributed by atoms with E-state index in [4.69, 9.17) is 26.0 Å². The number of para-hydroxylation sites is 1. The average Bonchev–Trinajstić information content (AvgIpc) is 3.37. The van der Waals surface area contributed by atoms with Crippen LogP contribution in [0.1, 0.15) is 22.9 Å². The molecular weight excluding hydrogens is 490 g/mol. The van der Waals surface area contributed by atoms with Crippen molar-refractivity contribution in [3.05, 3.63) is 143 Å². The van der Waals surface area contributed by atoms with Gasteiger partial charge in [-0.2, -0.15) is 0 Å². The van der Waals surface area contributed by atoms with E-state index in [9.17, 15) is 0 Å². The van der Waals surface area contributed by atoms with E-state index in [1.54, 1.807) is 0 Å². The number of fused-ring (bicyclic) bond motifs is 3. The number of hydrogen-bond donors (Lipinski definition) is 1. The molecule has 7 rings (SSSR count). The summed E-state index contributed by atoms with van der Waals surface area (Å²) in [6.45, 7) is 0. The van der Waals surface area contributed by atoms with Crippen LogP contribution in [0.5, 0.6) is 0 Å². The first kappa shape index (κ1) is 22.5. The average molecular weight is 512 g/mol.